The number of carbonyl (C=O) groups excluding carboxylic acids is 1. The Bertz CT molecular complexity index is 387. The molecule has 126 valence electrons. The predicted octanol–water partition coefficient (Wildman–Crippen LogP) is 3.77. The van der Waals surface area contributed by atoms with Crippen LogP contribution in [-0.4, -0.2) is 35.6 Å². The molecule has 0 bridgehead atoms. The third-order valence-electron chi connectivity index (χ3n) is 5.98. The summed E-state index contributed by atoms with van der Waals surface area (Å²) in [7, 11) is 0. The van der Waals surface area contributed by atoms with E-state index in [0.717, 1.165) is 64.5 Å². The van der Waals surface area contributed by atoms with E-state index in [9.17, 15) is 9.90 Å². The summed E-state index contributed by atoms with van der Waals surface area (Å²) in [5.41, 5.74) is -0.0175. The second-order valence-corrected chi connectivity index (χ2v) is 7.30. The molecule has 0 spiro atoms. The maximum Gasteiger partial charge on any atom is 0.225 e. The number of hydrogen-bond acceptors (Lipinski definition) is 2. The molecule has 0 aromatic carbocycles. The van der Waals surface area contributed by atoms with Gasteiger partial charge < -0.3 is 10.0 Å². The van der Waals surface area contributed by atoms with Crippen LogP contribution >= 0.6 is 0 Å². The first kappa shape index (κ1) is 17.5. The highest BCUT2D eigenvalue weighted by Gasteiger charge is 2.46. The van der Waals surface area contributed by atoms with Crippen molar-refractivity contribution in [3.05, 3.63) is 12.2 Å². The van der Waals surface area contributed by atoms with E-state index in [1.54, 1.807) is 0 Å². The monoisotopic (exact) mass is 307 g/mol. The lowest BCUT2D eigenvalue weighted by Gasteiger charge is -2.38. The van der Waals surface area contributed by atoms with Gasteiger partial charge in [-0.15, -0.1) is 0 Å². The number of carbonyl (C=O) groups is 1. The maximum atomic E-state index is 12.7. The number of hydrogen-bond donors (Lipinski definition) is 1. The molecule has 1 aliphatic carbocycles. The molecule has 1 saturated heterocycles. The molecule has 0 aromatic rings. The van der Waals surface area contributed by atoms with Crippen molar-refractivity contribution in [1.82, 2.24) is 4.90 Å². The first-order chi connectivity index (χ1) is 10.6. The Morgan fingerprint density at radius 1 is 1.36 bits per heavy atom. The van der Waals surface area contributed by atoms with Crippen LogP contribution in [0, 0.1) is 17.3 Å². The minimum Gasteiger partial charge on any atom is -0.396 e. The summed E-state index contributed by atoms with van der Waals surface area (Å²) in [6, 6.07) is 0. The van der Waals surface area contributed by atoms with E-state index in [1.807, 2.05) is 4.90 Å². The molecule has 22 heavy (non-hydrogen) atoms. The summed E-state index contributed by atoms with van der Waals surface area (Å²) in [6.45, 7) is 6.27. The average Bonchev–Trinajstić information content (AvgIpc) is 3.20. The Labute approximate surface area is 135 Å². The average molecular weight is 307 g/mol. The summed E-state index contributed by atoms with van der Waals surface area (Å²) >= 11 is 0. The topological polar surface area (TPSA) is 40.5 Å². The second kappa shape index (κ2) is 8.14. The van der Waals surface area contributed by atoms with Crippen LogP contribution in [0.5, 0.6) is 0 Å². The minimum absolute atomic E-state index is 0.0175. The number of nitrogens with zero attached hydrogens (tertiary/aromatic N) is 1. The molecule has 1 heterocycles. The Morgan fingerprint density at radius 2 is 2.09 bits per heavy atom. The molecule has 2 fully saturated rings. The minimum atomic E-state index is -0.0175. The van der Waals surface area contributed by atoms with E-state index >= 15 is 0 Å². The molecule has 1 aliphatic heterocycles. The van der Waals surface area contributed by atoms with Gasteiger partial charge in [-0.25, -0.2) is 0 Å². The molecule has 2 rings (SSSR count). The Hall–Kier alpha value is -0.830. The van der Waals surface area contributed by atoms with Crippen molar-refractivity contribution < 1.29 is 9.90 Å². The fourth-order valence-electron chi connectivity index (χ4n) is 4.67. The number of amides is 1. The zero-order chi connectivity index (χ0) is 16.0. The van der Waals surface area contributed by atoms with Gasteiger partial charge in [0.25, 0.3) is 0 Å². The van der Waals surface area contributed by atoms with Crippen LogP contribution in [0.3, 0.4) is 0 Å². The molecule has 1 amide bonds. The van der Waals surface area contributed by atoms with Crippen molar-refractivity contribution >= 4 is 5.91 Å². The van der Waals surface area contributed by atoms with Crippen LogP contribution in [-0.2, 0) is 4.79 Å². The van der Waals surface area contributed by atoms with Crippen molar-refractivity contribution in [3.63, 3.8) is 0 Å². The number of unbranched alkanes of at least 4 members (excludes halogenated alkanes) is 1. The van der Waals surface area contributed by atoms with Crippen molar-refractivity contribution in [1.29, 1.82) is 0 Å². The lowest BCUT2D eigenvalue weighted by molar-refractivity contribution is -0.137. The molecule has 3 nitrogen and oxygen atoms in total. The Kier molecular flexibility index (Phi) is 6.49. The van der Waals surface area contributed by atoms with E-state index in [4.69, 9.17) is 0 Å². The van der Waals surface area contributed by atoms with Gasteiger partial charge in [0.05, 0.1) is 0 Å². The van der Waals surface area contributed by atoms with E-state index in [2.05, 4.69) is 26.0 Å². The van der Waals surface area contributed by atoms with Crippen LogP contribution in [0.1, 0.15) is 65.2 Å². The summed E-state index contributed by atoms with van der Waals surface area (Å²) in [6.07, 6.45) is 13.2. The van der Waals surface area contributed by atoms with Crippen molar-refractivity contribution in [2.24, 2.45) is 17.3 Å². The summed E-state index contributed by atoms with van der Waals surface area (Å²) < 4.78 is 0. The molecule has 0 aromatic heterocycles. The van der Waals surface area contributed by atoms with Gasteiger partial charge >= 0.3 is 0 Å². The van der Waals surface area contributed by atoms with E-state index in [0.29, 0.717) is 11.8 Å². The third-order valence-corrected chi connectivity index (χ3v) is 5.98. The molecule has 0 unspecified atom stereocenters. The van der Waals surface area contributed by atoms with Crippen LogP contribution in [0.4, 0.5) is 0 Å². The van der Waals surface area contributed by atoms with Crippen LogP contribution in [0.15, 0.2) is 12.2 Å². The van der Waals surface area contributed by atoms with Gasteiger partial charge in [0, 0.05) is 25.6 Å². The van der Waals surface area contributed by atoms with Gasteiger partial charge in [-0.05, 0) is 63.2 Å². The highest BCUT2D eigenvalue weighted by molar-refractivity contribution is 5.79. The van der Waals surface area contributed by atoms with Gasteiger partial charge in [0.15, 0.2) is 0 Å². The van der Waals surface area contributed by atoms with Gasteiger partial charge in [-0.2, -0.15) is 0 Å². The standard InChI is InChI=1S/C19H33NO2/c1-3-4-5-6-11-19(15-21)12-9-10-17(19)16(2)18(22)20-13-7-8-14-20/h3-4,16-17,21H,5-15H2,1-2H3/b4-3+/t16-,17-,19+/m0/s1. The molecule has 3 heteroatoms. The van der Waals surface area contributed by atoms with Crippen molar-refractivity contribution in [2.45, 2.75) is 65.2 Å². The molecule has 0 radical (unpaired) electrons. The third kappa shape index (κ3) is 3.73. The molecule has 3 atom stereocenters. The van der Waals surface area contributed by atoms with Gasteiger partial charge in [-0.1, -0.05) is 25.5 Å². The smallest absolute Gasteiger partial charge is 0.225 e. The van der Waals surface area contributed by atoms with Crippen LogP contribution in [0.25, 0.3) is 0 Å². The summed E-state index contributed by atoms with van der Waals surface area (Å²) in [5.74, 6) is 0.751. The van der Waals surface area contributed by atoms with Crippen molar-refractivity contribution in [3.8, 4) is 0 Å². The lowest BCUT2D eigenvalue weighted by Crippen LogP contribution is -2.42. The zero-order valence-electron chi connectivity index (χ0n) is 14.4. The Morgan fingerprint density at radius 3 is 2.73 bits per heavy atom. The normalized spacial score (nSPS) is 30.3. The maximum absolute atomic E-state index is 12.7. The number of likely N-dealkylation sites (tertiary alicyclic amines) is 1. The second-order valence-electron chi connectivity index (χ2n) is 7.30. The highest BCUT2D eigenvalue weighted by Crippen LogP contribution is 2.50. The lowest BCUT2D eigenvalue weighted by atomic mass is 9.69. The highest BCUT2D eigenvalue weighted by atomic mass is 16.3. The van der Waals surface area contributed by atoms with Gasteiger partial charge in [-0.3, -0.25) is 4.79 Å². The summed E-state index contributed by atoms with van der Waals surface area (Å²) in [4.78, 5) is 14.8. The number of rotatable bonds is 7. The van der Waals surface area contributed by atoms with Crippen LogP contribution in [0.2, 0.25) is 0 Å². The fourth-order valence-corrected chi connectivity index (χ4v) is 4.67. The van der Waals surface area contributed by atoms with E-state index in [1.165, 1.54) is 0 Å². The van der Waals surface area contributed by atoms with Crippen LogP contribution < -0.4 is 0 Å². The molecular formula is C19H33NO2. The van der Waals surface area contributed by atoms with E-state index < -0.39 is 0 Å². The number of aliphatic hydroxyl groups is 1. The van der Waals surface area contributed by atoms with Crippen molar-refractivity contribution in [2.75, 3.05) is 19.7 Å². The van der Waals surface area contributed by atoms with E-state index in [-0.39, 0.29) is 17.9 Å². The molecule has 1 N–H and O–H groups in total. The molecule has 2 aliphatic rings. The first-order valence-electron chi connectivity index (χ1n) is 9.15. The fraction of sp³-hybridized carbons (Fsp3) is 0.842. The number of allylic oxidation sites excluding steroid dienone is 2. The van der Waals surface area contributed by atoms with Gasteiger partial charge in [0.1, 0.15) is 0 Å². The quantitative estimate of drug-likeness (QED) is 0.574. The Balaban J connectivity index is 2.01. The number of aliphatic hydroxyl groups excluding tert-OH is 1. The predicted molar refractivity (Wildman–Crippen MR) is 90.5 cm³/mol. The first-order valence-corrected chi connectivity index (χ1v) is 9.15. The largest absolute Gasteiger partial charge is 0.396 e. The molecule has 1 saturated carbocycles. The zero-order valence-corrected chi connectivity index (χ0v) is 14.4. The molecular weight excluding hydrogens is 274 g/mol. The summed E-state index contributed by atoms with van der Waals surface area (Å²) in [5, 5.41) is 10.1. The SMILES string of the molecule is C/C=C/CCC[C@]1(CO)CCC[C@H]1[C@H](C)C(=O)N1CCCC1. The van der Waals surface area contributed by atoms with Gasteiger partial charge in [0.2, 0.25) is 5.91 Å².